The van der Waals surface area contributed by atoms with Crippen molar-refractivity contribution >= 4 is 23.1 Å². The predicted molar refractivity (Wildman–Crippen MR) is 63.5 cm³/mol. The van der Waals surface area contributed by atoms with Crippen molar-refractivity contribution in [2.75, 3.05) is 12.0 Å². The first-order valence-electron chi connectivity index (χ1n) is 4.60. The molecule has 2 aromatic heterocycles. The smallest absolute Gasteiger partial charge is 0.177 e. The van der Waals surface area contributed by atoms with Crippen LogP contribution < -0.4 is 0 Å². The van der Waals surface area contributed by atoms with Crippen LogP contribution in [0.25, 0.3) is 0 Å². The van der Waals surface area contributed by atoms with E-state index in [1.165, 1.54) is 9.75 Å². The van der Waals surface area contributed by atoms with Gasteiger partial charge in [0, 0.05) is 15.5 Å². The van der Waals surface area contributed by atoms with E-state index < -0.39 is 0 Å². The Labute approximate surface area is 96.5 Å². The summed E-state index contributed by atoms with van der Waals surface area (Å²) in [5.41, 5.74) is 0. The van der Waals surface area contributed by atoms with Gasteiger partial charge in [-0.25, -0.2) is 0 Å². The molecule has 0 aliphatic carbocycles. The highest BCUT2D eigenvalue weighted by atomic mass is 32.2. The molecule has 0 aromatic carbocycles. The van der Waals surface area contributed by atoms with Gasteiger partial charge < -0.3 is 0 Å². The Bertz CT molecular complexity index is 409. The first kappa shape index (κ1) is 10.6. The van der Waals surface area contributed by atoms with Crippen LogP contribution in [-0.4, -0.2) is 32.6 Å². The maximum Gasteiger partial charge on any atom is 0.183 e. The van der Waals surface area contributed by atoms with Gasteiger partial charge in [-0.1, -0.05) is 5.21 Å². The summed E-state index contributed by atoms with van der Waals surface area (Å²) in [5.74, 6) is 2.03. The highest BCUT2D eigenvalue weighted by Crippen LogP contribution is 2.30. The number of nitrogens with zero attached hydrogens (tertiary/aromatic N) is 3. The Hall–Kier alpha value is -0.880. The number of hydrogen-bond acceptors (Lipinski definition) is 5. The van der Waals surface area contributed by atoms with Crippen LogP contribution in [0, 0.1) is 6.92 Å². The average molecular weight is 240 g/mol. The second kappa shape index (κ2) is 4.76. The van der Waals surface area contributed by atoms with Crippen molar-refractivity contribution in [3.05, 3.63) is 27.7 Å². The van der Waals surface area contributed by atoms with E-state index in [0.717, 1.165) is 11.6 Å². The van der Waals surface area contributed by atoms with Gasteiger partial charge in [0.05, 0.1) is 5.92 Å². The van der Waals surface area contributed by atoms with E-state index in [4.69, 9.17) is 0 Å². The molecule has 0 radical (unpaired) electrons. The molecule has 4 nitrogen and oxygen atoms in total. The van der Waals surface area contributed by atoms with Crippen LogP contribution in [0.15, 0.2) is 12.1 Å². The van der Waals surface area contributed by atoms with Gasteiger partial charge in [-0.05, 0) is 25.3 Å². The fourth-order valence-corrected chi connectivity index (χ4v) is 3.15. The molecule has 0 aliphatic rings. The normalized spacial score (nSPS) is 12.9. The third-order valence-electron chi connectivity index (χ3n) is 2.11. The monoisotopic (exact) mass is 240 g/mol. The molecule has 0 spiro atoms. The molecule has 1 atom stereocenters. The maximum absolute atomic E-state index is 4.07. The number of aromatic nitrogens is 4. The Kier molecular flexibility index (Phi) is 3.37. The number of rotatable bonds is 4. The fourth-order valence-electron chi connectivity index (χ4n) is 1.41. The van der Waals surface area contributed by atoms with Gasteiger partial charge >= 0.3 is 0 Å². The first-order valence-corrected chi connectivity index (χ1v) is 6.81. The zero-order valence-electron chi connectivity index (χ0n) is 8.60. The standard InChI is InChI=1S/C9H12N4S2/c1-6-3-4-8(15-6)7(5-14-2)9-10-12-13-11-9/h3-4,7H,5H2,1-2H3,(H,10,11,12,13). The van der Waals surface area contributed by atoms with Gasteiger partial charge in [-0.3, -0.25) is 0 Å². The summed E-state index contributed by atoms with van der Waals surface area (Å²) >= 11 is 3.60. The van der Waals surface area contributed by atoms with Crippen LogP contribution in [0.5, 0.6) is 0 Å². The number of H-pyrrole nitrogens is 1. The van der Waals surface area contributed by atoms with E-state index in [1.54, 1.807) is 23.1 Å². The minimum Gasteiger partial charge on any atom is -0.177 e. The summed E-state index contributed by atoms with van der Waals surface area (Å²) in [6.45, 7) is 2.11. The van der Waals surface area contributed by atoms with Crippen LogP contribution in [0.1, 0.15) is 21.5 Å². The lowest BCUT2D eigenvalue weighted by Crippen LogP contribution is -2.04. The summed E-state index contributed by atoms with van der Waals surface area (Å²) in [4.78, 5) is 2.63. The van der Waals surface area contributed by atoms with Gasteiger partial charge in [0.1, 0.15) is 0 Å². The van der Waals surface area contributed by atoms with E-state index in [0.29, 0.717) is 0 Å². The Morgan fingerprint density at radius 2 is 2.40 bits per heavy atom. The molecular weight excluding hydrogens is 228 g/mol. The minimum absolute atomic E-state index is 0.262. The molecule has 1 N–H and O–H groups in total. The molecule has 0 amide bonds. The maximum atomic E-state index is 4.07. The Morgan fingerprint density at radius 3 is 2.93 bits per heavy atom. The molecule has 0 fully saturated rings. The van der Waals surface area contributed by atoms with Gasteiger partial charge in [-0.15, -0.1) is 21.5 Å². The van der Waals surface area contributed by atoms with Crippen molar-refractivity contribution in [2.45, 2.75) is 12.8 Å². The SMILES string of the molecule is CSCC(c1nn[nH]n1)c1ccc(C)s1. The number of thioether (sulfide) groups is 1. The Morgan fingerprint density at radius 1 is 1.53 bits per heavy atom. The zero-order valence-corrected chi connectivity index (χ0v) is 10.2. The fraction of sp³-hybridized carbons (Fsp3) is 0.444. The molecule has 6 heteroatoms. The van der Waals surface area contributed by atoms with Crippen molar-refractivity contribution in [1.82, 2.24) is 20.6 Å². The molecule has 0 saturated carbocycles. The van der Waals surface area contributed by atoms with Gasteiger partial charge in [0.15, 0.2) is 5.82 Å². The number of tetrazole rings is 1. The third kappa shape index (κ3) is 2.38. The number of aryl methyl sites for hydroxylation is 1. The molecule has 80 valence electrons. The molecule has 0 bridgehead atoms. The van der Waals surface area contributed by atoms with E-state index in [2.05, 4.69) is 45.9 Å². The van der Waals surface area contributed by atoms with Crippen LogP contribution in [0.2, 0.25) is 0 Å². The van der Waals surface area contributed by atoms with Crippen LogP contribution in [0.4, 0.5) is 0 Å². The van der Waals surface area contributed by atoms with Crippen molar-refractivity contribution in [1.29, 1.82) is 0 Å². The quantitative estimate of drug-likeness (QED) is 0.889. The third-order valence-corrected chi connectivity index (χ3v) is 3.89. The van der Waals surface area contributed by atoms with Gasteiger partial charge in [0.25, 0.3) is 0 Å². The lowest BCUT2D eigenvalue weighted by atomic mass is 10.1. The lowest BCUT2D eigenvalue weighted by molar-refractivity contribution is 0.847. The molecule has 2 aromatic rings. The van der Waals surface area contributed by atoms with Crippen LogP contribution in [0.3, 0.4) is 0 Å². The zero-order chi connectivity index (χ0) is 10.7. The van der Waals surface area contributed by atoms with Crippen LogP contribution >= 0.6 is 23.1 Å². The largest absolute Gasteiger partial charge is 0.183 e. The van der Waals surface area contributed by atoms with E-state index in [-0.39, 0.29) is 5.92 Å². The number of nitrogens with one attached hydrogen (secondary N) is 1. The second-order valence-electron chi connectivity index (χ2n) is 3.23. The molecule has 2 rings (SSSR count). The van der Waals surface area contributed by atoms with Gasteiger partial charge in [-0.2, -0.15) is 17.0 Å². The number of aromatic amines is 1. The Balaban J connectivity index is 2.27. The molecular formula is C9H12N4S2. The predicted octanol–water partition coefficient (Wildman–Crippen LogP) is 2.06. The van der Waals surface area contributed by atoms with E-state index in [1.807, 2.05) is 0 Å². The van der Waals surface area contributed by atoms with Crippen molar-refractivity contribution in [3.8, 4) is 0 Å². The minimum atomic E-state index is 0.262. The summed E-state index contributed by atoms with van der Waals surface area (Å²) in [5, 5.41) is 14.3. The lowest BCUT2D eigenvalue weighted by Gasteiger charge is -2.08. The highest BCUT2D eigenvalue weighted by Gasteiger charge is 2.19. The molecule has 1 unspecified atom stereocenters. The topological polar surface area (TPSA) is 54.5 Å². The van der Waals surface area contributed by atoms with E-state index in [9.17, 15) is 0 Å². The first-order chi connectivity index (χ1) is 7.31. The van der Waals surface area contributed by atoms with Gasteiger partial charge in [0.2, 0.25) is 0 Å². The highest BCUT2D eigenvalue weighted by molar-refractivity contribution is 7.98. The van der Waals surface area contributed by atoms with Crippen molar-refractivity contribution < 1.29 is 0 Å². The number of hydrogen-bond donors (Lipinski definition) is 1. The van der Waals surface area contributed by atoms with Crippen molar-refractivity contribution in [2.24, 2.45) is 0 Å². The van der Waals surface area contributed by atoms with Crippen LogP contribution in [-0.2, 0) is 0 Å². The molecule has 2 heterocycles. The summed E-state index contributed by atoms with van der Waals surface area (Å²) in [6, 6.07) is 4.28. The average Bonchev–Trinajstić information content (AvgIpc) is 2.85. The molecule has 0 aliphatic heterocycles. The summed E-state index contributed by atoms with van der Waals surface area (Å²) in [7, 11) is 0. The number of thiophene rings is 1. The molecule has 15 heavy (non-hydrogen) atoms. The van der Waals surface area contributed by atoms with Crippen molar-refractivity contribution in [3.63, 3.8) is 0 Å². The second-order valence-corrected chi connectivity index (χ2v) is 5.46. The van der Waals surface area contributed by atoms with E-state index >= 15 is 0 Å². The molecule has 0 saturated heterocycles. The summed E-state index contributed by atoms with van der Waals surface area (Å²) in [6.07, 6.45) is 2.09. The summed E-state index contributed by atoms with van der Waals surface area (Å²) < 4.78 is 0.